The molecule has 2 aliphatic heterocycles. The van der Waals surface area contributed by atoms with Crippen LogP contribution in [0.3, 0.4) is 0 Å². The maximum Gasteiger partial charge on any atom is 0.392 e. The van der Waals surface area contributed by atoms with Gasteiger partial charge in [0.05, 0.1) is 16.5 Å². The van der Waals surface area contributed by atoms with E-state index >= 15 is 0 Å². The van der Waals surface area contributed by atoms with Gasteiger partial charge >= 0.3 is 14.0 Å². The zero-order valence-electron chi connectivity index (χ0n) is 28.6. The lowest BCUT2D eigenvalue weighted by Crippen LogP contribution is -2.41. The van der Waals surface area contributed by atoms with Crippen LogP contribution >= 0.6 is 0 Å². The highest BCUT2D eigenvalue weighted by Crippen LogP contribution is 2.45. The summed E-state index contributed by atoms with van der Waals surface area (Å²) in [5.41, 5.74) is 4.59. The minimum absolute atomic E-state index is 0.0551. The molecular weight excluding hydrogens is 590 g/mol. The summed E-state index contributed by atoms with van der Waals surface area (Å²) in [6.07, 6.45) is 16.8. The van der Waals surface area contributed by atoms with Crippen LogP contribution in [0.15, 0.2) is 71.3 Å². The second-order valence-electron chi connectivity index (χ2n) is 13.9. The van der Waals surface area contributed by atoms with Gasteiger partial charge in [-0.3, -0.25) is 4.79 Å². The third kappa shape index (κ3) is 6.22. The number of carbonyl (C=O) groups is 1. The highest BCUT2D eigenvalue weighted by molar-refractivity contribution is 6.68. The molecular formula is C40H48B2N4O2. The molecule has 0 saturated heterocycles. The first kappa shape index (κ1) is 32.4. The Bertz CT molecular complexity index is 2010. The molecule has 0 aromatic heterocycles. The van der Waals surface area contributed by atoms with Crippen LogP contribution in [0.2, 0.25) is 12.6 Å². The van der Waals surface area contributed by atoms with Crippen LogP contribution < -0.4 is 26.3 Å². The third-order valence-electron chi connectivity index (χ3n) is 10.5. The second kappa shape index (κ2) is 14.5. The minimum atomic E-state index is -0.123. The number of allylic oxidation sites excluding steroid dienone is 2. The standard InChI is InChI=1S/C40H48B2N4O2/c1-3-5-7-9-11-13-25-41-43-31-19-15-17-27-21-23-29(37(45-41)33(27)31)35-39(47)36(40(35)48)30-24-22-28-18-16-20-32-34(28)38(30)46-42(44-32)26-14-12-10-8-6-4-2/h15-24,43-45,47H,3-14,25-26H2,1-2H3/b36-30-. The van der Waals surface area contributed by atoms with E-state index in [2.05, 4.69) is 72.0 Å². The van der Waals surface area contributed by atoms with Crippen LogP contribution in [0.1, 0.15) is 96.5 Å². The summed E-state index contributed by atoms with van der Waals surface area (Å²) in [5, 5.41) is 28.6. The number of hydrogen-bond donors (Lipinski definition) is 4. The minimum Gasteiger partial charge on any atom is -0.506 e. The van der Waals surface area contributed by atoms with Gasteiger partial charge in [0.1, 0.15) is 5.76 Å². The fraction of sp³-hybridized carbons (Fsp3) is 0.400. The maximum absolute atomic E-state index is 14.2. The van der Waals surface area contributed by atoms with Gasteiger partial charge in [-0.1, -0.05) is 139 Å². The number of benzene rings is 4. The summed E-state index contributed by atoms with van der Waals surface area (Å²) in [7, 11) is 0. The van der Waals surface area contributed by atoms with Crippen LogP contribution in [0.5, 0.6) is 0 Å². The molecule has 246 valence electrons. The maximum atomic E-state index is 14.2. The lowest BCUT2D eigenvalue weighted by atomic mass is 9.67. The third-order valence-corrected chi connectivity index (χ3v) is 10.5. The van der Waals surface area contributed by atoms with Crippen molar-refractivity contribution in [3.05, 3.63) is 82.6 Å². The van der Waals surface area contributed by atoms with Gasteiger partial charge in [-0.15, -0.1) is 0 Å². The van der Waals surface area contributed by atoms with Gasteiger partial charge in [0, 0.05) is 38.6 Å². The molecule has 1 aliphatic carbocycles. The second-order valence-corrected chi connectivity index (χ2v) is 13.9. The van der Waals surface area contributed by atoms with Crippen molar-refractivity contribution in [2.45, 2.75) is 104 Å². The van der Waals surface area contributed by atoms with Gasteiger partial charge in [0.15, 0.2) is 0 Å². The van der Waals surface area contributed by atoms with E-state index in [9.17, 15) is 9.90 Å². The molecule has 0 fully saturated rings. The Morgan fingerprint density at radius 3 is 1.98 bits per heavy atom. The number of hydrogen-bond acceptors (Lipinski definition) is 6. The molecule has 4 N–H and O–H groups in total. The van der Waals surface area contributed by atoms with Crippen molar-refractivity contribution < 1.29 is 9.90 Å². The monoisotopic (exact) mass is 638 g/mol. The van der Waals surface area contributed by atoms with E-state index in [1.54, 1.807) is 0 Å². The number of carbonyl (C=O) groups excluding carboxylic acids is 1. The molecule has 7 rings (SSSR count). The number of nitrogens with zero attached hydrogens (tertiary/aromatic N) is 1. The molecule has 0 bridgehead atoms. The van der Waals surface area contributed by atoms with Crippen molar-refractivity contribution in [3.8, 4) is 0 Å². The summed E-state index contributed by atoms with van der Waals surface area (Å²) in [5.74, 6) is -0.0575. The van der Waals surface area contributed by atoms with Crippen LogP contribution in [0, 0.1) is 0 Å². The Morgan fingerprint density at radius 1 is 0.646 bits per heavy atom. The molecule has 0 unspecified atom stereocenters. The number of rotatable bonds is 15. The van der Waals surface area contributed by atoms with Crippen LogP contribution in [0.4, 0.5) is 17.1 Å². The highest BCUT2D eigenvalue weighted by atomic mass is 16.3. The Labute approximate surface area is 285 Å². The van der Waals surface area contributed by atoms with Crippen molar-refractivity contribution in [2.75, 3.05) is 15.7 Å². The zero-order chi connectivity index (χ0) is 33.0. The first-order chi connectivity index (χ1) is 23.6. The van der Waals surface area contributed by atoms with Gasteiger partial charge < -0.3 is 25.7 Å². The topological polar surface area (TPSA) is 85.8 Å². The summed E-state index contributed by atoms with van der Waals surface area (Å²) in [4.78, 5) is 19.4. The normalized spacial score (nSPS) is 16.1. The molecule has 6 nitrogen and oxygen atoms in total. The van der Waals surface area contributed by atoms with Crippen molar-refractivity contribution in [1.29, 1.82) is 0 Å². The number of aliphatic hydroxyl groups excluding tert-OH is 1. The highest BCUT2D eigenvalue weighted by Gasteiger charge is 2.39. The average Bonchev–Trinajstić information content (AvgIpc) is 3.10. The first-order valence-electron chi connectivity index (χ1n) is 18.6. The predicted octanol–water partition coefficient (Wildman–Crippen LogP) is 9.28. The van der Waals surface area contributed by atoms with Crippen LogP contribution in [-0.2, 0) is 4.79 Å². The molecule has 0 spiro atoms. The Morgan fingerprint density at radius 2 is 1.27 bits per heavy atom. The molecule has 0 radical (unpaired) electrons. The molecule has 8 heteroatoms. The lowest BCUT2D eigenvalue weighted by molar-refractivity contribution is -0.109. The van der Waals surface area contributed by atoms with Crippen molar-refractivity contribution >= 4 is 69.5 Å². The van der Waals surface area contributed by atoms with Crippen LogP contribution in [-0.4, -0.2) is 24.9 Å². The number of ketones is 1. The fourth-order valence-electron chi connectivity index (χ4n) is 7.87. The largest absolute Gasteiger partial charge is 0.506 e. The summed E-state index contributed by atoms with van der Waals surface area (Å²) in [6.45, 7) is 4.51. The molecule has 2 heterocycles. The smallest absolute Gasteiger partial charge is 0.392 e. The summed E-state index contributed by atoms with van der Waals surface area (Å²) in [6, 6.07) is 20.6. The average molecular weight is 638 g/mol. The van der Waals surface area contributed by atoms with Crippen molar-refractivity contribution in [2.24, 2.45) is 4.90 Å². The number of aliphatic hydroxyl groups is 1. The summed E-state index contributed by atoms with van der Waals surface area (Å²) >= 11 is 0. The molecule has 0 saturated carbocycles. The van der Waals surface area contributed by atoms with E-state index in [1.165, 1.54) is 64.2 Å². The van der Waals surface area contributed by atoms with E-state index in [-0.39, 0.29) is 25.5 Å². The van der Waals surface area contributed by atoms with E-state index in [4.69, 9.17) is 4.90 Å². The van der Waals surface area contributed by atoms with E-state index < -0.39 is 0 Å². The predicted molar refractivity (Wildman–Crippen MR) is 205 cm³/mol. The number of Topliss-reactive ketones (excluding diaryl/α,β-unsaturated/α-hetero) is 1. The lowest BCUT2D eigenvalue weighted by Gasteiger charge is -2.31. The Hall–Kier alpha value is -4.19. The van der Waals surface area contributed by atoms with Gasteiger partial charge in [-0.2, -0.15) is 0 Å². The number of nitrogens with one attached hydrogen (secondary N) is 3. The molecule has 4 aromatic rings. The van der Waals surface area contributed by atoms with Gasteiger partial charge in [-0.25, -0.2) is 0 Å². The molecule has 0 atom stereocenters. The van der Waals surface area contributed by atoms with E-state index in [0.717, 1.165) is 80.2 Å². The Balaban J connectivity index is 1.23. The molecule has 0 amide bonds. The first-order valence-corrected chi connectivity index (χ1v) is 18.6. The van der Waals surface area contributed by atoms with Crippen LogP contribution in [0.25, 0.3) is 32.7 Å². The number of unbranched alkanes of at least 4 members (excludes halogenated alkanes) is 10. The van der Waals surface area contributed by atoms with Crippen molar-refractivity contribution in [3.63, 3.8) is 0 Å². The van der Waals surface area contributed by atoms with Gasteiger partial charge in [0.25, 0.3) is 0 Å². The van der Waals surface area contributed by atoms with Crippen molar-refractivity contribution in [1.82, 2.24) is 0 Å². The van der Waals surface area contributed by atoms with Gasteiger partial charge in [0.2, 0.25) is 5.78 Å². The Kier molecular flexibility index (Phi) is 9.78. The van der Waals surface area contributed by atoms with E-state index in [0.29, 0.717) is 11.1 Å². The number of anilines is 3. The molecule has 3 aliphatic rings. The summed E-state index contributed by atoms with van der Waals surface area (Å²) < 4.78 is 0. The quantitative estimate of drug-likeness (QED) is 0.0771. The van der Waals surface area contributed by atoms with E-state index in [1.807, 2.05) is 18.2 Å². The zero-order valence-corrected chi connectivity index (χ0v) is 28.6. The fourth-order valence-corrected chi connectivity index (χ4v) is 7.87. The molecule has 4 aromatic carbocycles. The SMILES string of the molecule is CCCCCCCCB1N=c2/c(=C3\C(=O)C(c4ccc5cccc6c5c4NB(CCCCCCCC)N6)=C3O)ccc3cccc(c23)N1. The molecule has 48 heavy (non-hydrogen) atoms. The van der Waals surface area contributed by atoms with Gasteiger partial charge in [-0.05, 0) is 35.5 Å².